The molecule has 0 fully saturated rings. The monoisotopic (exact) mass is 603 g/mol. The van der Waals surface area contributed by atoms with Gasteiger partial charge in [0, 0.05) is 5.56 Å². The molecule has 0 aliphatic rings. The first-order valence-electron chi connectivity index (χ1n) is 12.9. The molecule has 0 heterocycles. The van der Waals surface area contributed by atoms with Crippen LogP contribution in [0.4, 0.5) is 0 Å². The van der Waals surface area contributed by atoms with Crippen molar-refractivity contribution in [3.8, 4) is 16.9 Å². The van der Waals surface area contributed by atoms with E-state index in [1.165, 1.54) is 37.2 Å². The minimum absolute atomic E-state index is 0. The van der Waals surface area contributed by atoms with Gasteiger partial charge in [0.2, 0.25) is 0 Å². The summed E-state index contributed by atoms with van der Waals surface area (Å²) in [5, 5.41) is 9.93. The molecule has 0 saturated heterocycles. The van der Waals surface area contributed by atoms with Gasteiger partial charge in [-0.05, 0) is 36.6 Å². The van der Waals surface area contributed by atoms with Gasteiger partial charge < -0.3 is 29.9 Å². The standard InChI is InChI=1S/C14H14O.C13H10.C9H13.2ClH.Ti/c1-10-8-11(2)14(13(15)9-10)12-6-4-3-5-7-12;1-3-7-12(8-4-1)11-13-9-5-2-6-10-13;1-6-5-7(2)9(4)8(6)3;;;/h3-9,15H,1-2H3;1-10H;5H,1-4H3;2*1H;/q;;-1;;;+2/p-2. The van der Waals surface area contributed by atoms with E-state index in [0.717, 1.165) is 22.3 Å². The van der Waals surface area contributed by atoms with Crippen molar-refractivity contribution in [2.75, 3.05) is 0 Å². The van der Waals surface area contributed by atoms with E-state index in [2.05, 4.69) is 108 Å². The van der Waals surface area contributed by atoms with Crippen molar-refractivity contribution in [2.24, 2.45) is 0 Å². The Balaban J connectivity index is 0.000000301. The molecule has 5 aromatic rings. The van der Waals surface area contributed by atoms with Crippen molar-refractivity contribution >= 4 is 3.81 Å². The molecule has 5 aromatic carbocycles. The van der Waals surface area contributed by atoms with Crippen molar-refractivity contribution < 1.29 is 49.9 Å². The Bertz CT molecular complexity index is 1390. The molecule has 0 bridgehead atoms. The summed E-state index contributed by atoms with van der Waals surface area (Å²) >= 11 is 2.16. The summed E-state index contributed by atoms with van der Waals surface area (Å²) in [6.45, 7) is 12.7. The molecule has 1 N–H and O–H groups in total. The summed E-state index contributed by atoms with van der Waals surface area (Å²) in [4.78, 5) is 0. The Kier molecular flexibility index (Phi) is 15.1. The van der Waals surface area contributed by atoms with E-state index in [9.17, 15) is 5.11 Å². The van der Waals surface area contributed by atoms with E-state index < -0.39 is 0 Å². The molecule has 0 atom stereocenters. The zero-order valence-electron chi connectivity index (χ0n) is 24.1. The first-order valence-corrected chi connectivity index (χ1v) is 13.7. The fourth-order valence-electron chi connectivity index (χ4n) is 4.43. The second-order valence-corrected chi connectivity index (χ2v) is 10.5. The average molecular weight is 604 g/mol. The van der Waals surface area contributed by atoms with E-state index >= 15 is 0 Å². The summed E-state index contributed by atoms with van der Waals surface area (Å²) < 4.78 is 1.33. The van der Waals surface area contributed by atoms with Crippen molar-refractivity contribution in [1.29, 1.82) is 0 Å². The summed E-state index contributed by atoms with van der Waals surface area (Å²) in [6, 6.07) is 37.0. The van der Waals surface area contributed by atoms with Gasteiger partial charge in [0.1, 0.15) is 5.75 Å². The van der Waals surface area contributed by atoms with Crippen LogP contribution in [-0.4, -0.2) is 8.92 Å². The molecule has 40 heavy (non-hydrogen) atoms. The second-order valence-electron chi connectivity index (χ2n) is 9.71. The fraction of sp³-hybridized carbons (Fsp3) is 0.167. The molecule has 206 valence electrons. The first-order chi connectivity index (χ1) is 18.2. The van der Waals surface area contributed by atoms with Crippen LogP contribution >= 0.6 is 0 Å². The molecule has 0 aliphatic carbocycles. The van der Waals surface area contributed by atoms with Crippen LogP contribution in [0.15, 0.2) is 109 Å². The van der Waals surface area contributed by atoms with Crippen LogP contribution in [0.25, 0.3) is 11.1 Å². The van der Waals surface area contributed by atoms with Crippen molar-refractivity contribution in [1.82, 2.24) is 0 Å². The van der Waals surface area contributed by atoms with Crippen LogP contribution < -0.4 is 24.8 Å². The van der Waals surface area contributed by atoms with E-state index in [1.807, 2.05) is 56.3 Å². The molecule has 0 spiro atoms. The first kappa shape index (κ1) is 35.2. The molecule has 4 heteroatoms. The van der Waals surface area contributed by atoms with Crippen LogP contribution in [0.3, 0.4) is 0 Å². The Hall–Kier alpha value is -2.81. The van der Waals surface area contributed by atoms with Gasteiger partial charge in [-0.3, -0.25) is 0 Å². The van der Waals surface area contributed by atoms with Crippen LogP contribution in [0.5, 0.6) is 5.75 Å². The molecule has 1 nitrogen and oxygen atoms in total. The van der Waals surface area contributed by atoms with Gasteiger partial charge in [0.15, 0.2) is 0 Å². The van der Waals surface area contributed by atoms with Crippen LogP contribution in [0.1, 0.15) is 44.5 Å². The molecule has 5 rings (SSSR count). The molecule has 0 aliphatic heterocycles. The summed E-state index contributed by atoms with van der Waals surface area (Å²) in [6.07, 6.45) is 0. The third-order valence-electron chi connectivity index (χ3n) is 6.82. The summed E-state index contributed by atoms with van der Waals surface area (Å²) in [7, 11) is 0. The van der Waals surface area contributed by atoms with E-state index in [0.29, 0.717) is 5.75 Å². The molecule has 0 radical (unpaired) electrons. The van der Waals surface area contributed by atoms with E-state index in [-0.39, 0.29) is 24.8 Å². The topological polar surface area (TPSA) is 20.2 Å². The number of hydrogen-bond donors (Lipinski definition) is 1. The SMILES string of the molecule is Cc1c[c-](C)c(C)c1C.Cc1cc(C)c(-c2ccccc2)c(O)c1.[Cl-].[Cl-].[Ti+2]=[C](c1ccccc1)c1ccccc1. The molecular weight excluding hydrogens is 567 g/mol. The maximum absolute atomic E-state index is 9.93. The van der Waals surface area contributed by atoms with E-state index in [1.54, 1.807) is 6.07 Å². The van der Waals surface area contributed by atoms with Crippen molar-refractivity contribution in [2.45, 2.75) is 41.5 Å². The quantitative estimate of drug-likeness (QED) is 0.248. The molecule has 0 unspecified atom stereocenters. The zero-order valence-corrected chi connectivity index (χ0v) is 27.2. The number of phenols is 1. The number of rotatable bonds is 3. The number of phenolic OH excluding ortho intramolecular Hbond substituents is 1. The number of halogens is 2. The predicted octanol–water partition coefficient (Wildman–Crippen LogP) is 3.13. The second kappa shape index (κ2) is 17.1. The van der Waals surface area contributed by atoms with Crippen molar-refractivity contribution in [3.05, 3.63) is 154 Å². The molecule has 0 aromatic heterocycles. The summed E-state index contributed by atoms with van der Waals surface area (Å²) in [5.41, 5.74) is 12.5. The fourth-order valence-corrected chi connectivity index (χ4v) is 4.96. The third kappa shape index (κ3) is 9.68. The molecule has 0 amide bonds. The Morgan fingerprint density at radius 2 is 1.10 bits per heavy atom. The maximum atomic E-state index is 9.93. The van der Waals surface area contributed by atoms with Gasteiger partial charge in [0.25, 0.3) is 0 Å². The number of aromatic hydroxyl groups is 1. The van der Waals surface area contributed by atoms with Crippen LogP contribution in [0, 0.1) is 41.5 Å². The van der Waals surface area contributed by atoms with Gasteiger partial charge in [-0.2, -0.15) is 28.3 Å². The normalized spacial score (nSPS) is 9.60. The summed E-state index contributed by atoms with van der Waals surface area (Å²) in [5.74, 6) is 0.360. The van der Waals surface area contributed by atoms with Gasteiger partial charge >= 0.3 is 95.6 Å². The number of aryl methyl sites for hydroxylation is 4. The number of benzene rings is 4. The van der Waals surface area contributed by atoms with Gasteiger partial charge in [-0.25, -0.2) is 0 Å². The predicted molar refractivity (Wildman–Crippen MR) is 160 cm³/mol. The Labute approximate surface area is 264 Å². The van der Waals surface area contributed by atoms with Crippen LogP contribution in [0.2, 0.25) is 0 Å². The van der Waals surface area contributed by atoms with Gasteiger partial charge in [-0.15, -0.1) is 0 Å². The zero-order chi connectivity index (χ0) is 27.7. The Morgan fingerprint density at radius 3 is 1.45 bits per heavy atom. The van der Waals surface area contributed by atoms with E-state index in [4.69, 9.17) is 0 Å². The van der Waals surface area contributed by atoms with Crippen molar-refractivity contribution in [3.63, 3.8) is 0 Å². The van der Waals surface area contributed by atoms with Crippen LogP contribution in [-0.2, 0) is 20.0 Å². The number of hydrogen-bond acceptors (Lipinski definition) is 1. The molecule has 0 saturated carbocycles. The van der Waals surface area contributed by atoms with Gasteiger partial charge in [0.05, 0.1) is 0 Å². The third-order valence-corrected chi connectivity index (χ3v) is 7.73. The average Bonchev–Trinajstić information content (AvgIpc) is 3.15. The molecular formula is C36H37Cl2OTi-. The minimum atomic E-state index is 0. The van der Waals surface area contributed by atoms with Gasteiger partial charge in [-0.1, -0.05) is 64.1 Å². The Morgan fingerprint density at radius 1 is 0.650 bits per heavy atom.